The van der Waals surface area contributed by atoms with Crippen LogP contribution in [0.5, 0.6) is 0 Å². The second-order valence-corrected chi connectivity index (χ2v) is 5.29. The van der Waals surface area contributed by atoms with Gasteiger partial charge in [0.25, 0.3) is 0 Å². The Morgan fingerprint density at radius 3 is 2.75 bits per heavy atom. The van der Waals surface area contributed by atoms with Crippen LogP contribution in [0.2, 0.25) is 0 Å². The third kappa shape index (κ3) is 2.99. The highest BCUT2D eigenvalue weighted by Gasteiger charge is 2.35. The molecule has 2 heteroatoms. The third-order valence-corrected chi connectivity index (χ3v) is 3.86. The van der Waals surface area contributed by atoms with Crippen molar-refractivity contribution in [3.8, 4) is 12.3 Å². The van der Waals surface area contributed by atoms with Crippen LogP contribution in [-0.2, 0) is 0 Å². The Labute approximate surface area is 101 Å². The van der Waals surface area contributed by atoms with Gasteiger partial charge in [0.05, 0.1) is 6.04 Å². The molecule has 1 saturated heterocycles. The number of hydrogen-bond acceptors (Lipinski definition) is 2. The fourth-order valence-corrected chi connectivity index (χ4v) is 2.40. The lowest BCUT2D eigenvalue weighted by molar-refractivity contribution is 0.0700. The van der Waals surface area contributed by atoms with E-state index in [4.69, 9.17) is 6.42 Å². The van der Waals surface area contributed by atoms with Gasteiger partial charge in [0.1, 0.15) is 0 Å². The first-order valence-electron chi connectivity index (χ1n) is 6.53. The zero-order valence-corrected chi connectivity index (χ0v) is 11.2. The van der Waals surface area contributed by atoms with Crippen molar-refractivity contribution in [1.29, 1.82) is 0 Å². The van der Waals surface area contributed by atoms with E-state index in [0.29, 0.717) is 12.1 Å². The number of hydrogen-bond donors (Lipinski definition) is 1. The van der Waals surface area contributed by atoms with Crippen LogP contribution in [0.25, 0.3) is 0 Å². The molecule has 0 spiro atoms. The molecule has 0 amide bonds. The predicted molar refractivity (Wildman–Crippen MR) is 70.4 cm³/mol. The Morgan fingerprint density at radius 2 is 2.25 bits per heavy atom. The van der Waals surface area contributed by atoms with Crippen LogP contribution < -0.4 is 5.32 Å². The number of nitrogens with one attached hydrogen (secondary N) is 1. The monoisotopic (exact) mass is 222 g/mol. The van der Waals surface area contributed by atoms with Crippen LogP contribution in [-0.4, -0.2) is 35.6 Å². The van der Waals surface area contributed by atoms with Crippen molar-refractivity contribution in [2.24, 2.45) is 0 Å². The van der Waals surface area contributed by atoms with E-state index in [1.54, 1.807) is 0 Å². The van der Waals surface area contributed by atoms with Gasteiger partial charge in [0.15, 0.2) is 0 Å². The Kier molecular flexibility index (Phi) is 4.83. The molecule has 2 nitrogen and oxygen atoms in total. The molecule has 92 valence electrons. The molecule has 0 aromatic heterocycles. The molecular formula is C14H26N2. The van der Waals surface area contributed by atoms with Crippen molar-refractivity contribution in [2.75, 3.05) is 13.1 Å². The molecule has 1 rings (SSSR count). The van der Waals surface area contributed by atoms with Gasteiger partial charge in [-0.05, 0) is 26.7 Å². The van der Waals surface area contributed by atoms with Gasteiger partial charge in [0, 0.05) is 24.7 Å². The molecule has 0 aromatic carbocycles. The summed E-state index contributed by atoms with van der Waals surface area (Å²) in [5, 5.41) is 3.64. The van der Waals surface area contributed by atoms with Gasteiger partial charge in [-0.1, -0.05) is 26.2 Å². The second kappa shape index (κ2) is 5.70. The van der Waals surface area contributed by atoms with Gasteiger partial charge in [-0.15, -0.1) is 6.42 Å². The van der Waals surface area contributed by atoms with Gasteiger partial charge in [-0.25, -0.2) is 0 Å². The lowest BCUT2D eigenvalue weighted by Crippen LogP contribution is -2.63. The maximum Gasteiger partial charge on any atom is 0.0715 e. The van der Waals surface area contributed by atoms with Crippen LogP contribution in [0.15, 0.2) is 0 Å². The molecule has 1 fully saturated rings. The highest BCUT2D eigenvalue weighted by molar-refractivity contribution is 5.05. The Morgan fingerprint density at radius 1 is 1.56 bits per heavy atom. The van der Waals surface area contributed by atoms with E-state index in [9.17, 15) is 0 Å². The summed E-state index contributed by atoms with van der Waals surface area (Å²) in [5.41, 5.74) is 0.231. The molecule has 1 aliphatic rings. The fraction of sp³-hybridized carbons (Fsp3) is 0.857. The fourth-order valence-electron chi connectivity index (χ4n) is 2.40. The van der Waals surface area contributed by atoms with E-state index in [1.165, 1.54) is 0 Å². The topological polar surface area (TPSA) is 15.3 Å². The first kappa shape index (κ1) is 13.5. The number of nitrogens with zero attached hydrogens (tertiary/aromatic N) is 1. The summed E-state index contributed by atoms with van der Waals surface area (Å²) in [6, 6.07) is 0.861. The molecule has 3 unspecified atom stereocenters. The standard InChI is InChI=1S/C14H26N2/c1-6-9-13(7-2)16-11-14(5,8-3)15-10-12(16)4/h2,12-13,15H,6,8-11H2,1,3-5H3. The normalized spacial score (nSPS) is 33.3. The summed E-state index contributed by atoms with van der Waals surface area (Å²) >= 11 is 0. The Bertz CT molecular complexity index is 256. The van der Waals surface area contributed by atoms with Crippen molar-refractivity contribution >= 4 is 0 Å². The Balaban J connectivity index is 2.72. The van der Waals surface area contributed by atoms with Crippen molar-refractivity contribution in [2.45, 2.75) is 64.6 Å². The highest BCUT2D eigenvalue weighted by atomic mass is 15.3. The van der Waals surface area contributed by atoms with E-state index in [2.05, 4.69) is 43.8 Å². The summed E-state index contributed by atoms with van der Waals surface area (Å²) in [7, 11) is 0. The molecule has 0 bridgehead atoms. The second-order valence-electron chi connectivity index (χ2n) is 5.29. The molecule has 0 radical (unpaired) electrons. The van der Waals surface area contributed by atoms with Gasteiger partial charge in [-0.3, -0.25) is 4.90 Å². The zero-order chi connectivity index (χ0) is 12.2. The van der Waals surface area contributed by atoms with Crippen LogP contribution in [0, 0.1) is 12.3 Å². The summed E-state index contributed by atoms with van der Waals surface area (Å²) < 4.78 is 0. The average molecular weight is 222 g/mol. The highest BCUT2D eigenvalue weighted by Crippen LogP contribution is 2.22. The molecule has 1 heterocycles. The molecule has 16 heavy (non-hydrogen) atoms. The summed E-state index contributed by atoms with van der Waals surface area (Å²) in [5.74, 6) is 2.96. The maximum atomic E-state index is 5.67. The van der Waals surface area contributed by atoms with E-state index in [1.807, 2.05) is 0 Å². The molecular weight excluding hydrogens is 196 g/mol. The Hall–Kier alpha value is -0.520. The van der Waals surface area contributed by atoms with Crippen molar-refractivity contribution in [3.63, 3.8) is 0 Å². The first-order chi connectivity index (χ1) is 7.56. The lowest BCUT2D eigenvalue weighted by Gasteiger charge is -2.47. The molecule has 1 N–H and O–H groups in total. The summed E-state index contributed by atoms with van der Waals surface area (Å²) in [6.07, 6.45) is 9.10. The van der Waals surface area contributed by atoms with E-state index in [0.717, 1.165) is 32.4 Å². The van der Waals surface area contributed by atoms with Crippen LogP contribution in [0.4, 0.5) is 0 Å². The summed E-state index contributed by atoms with van der Waals surface area (Å²) in [6.45, 7) is 11.1. The SMILES string of the molecule is C#CC(CCC)N1CC(C)(CC)NCC1C. The van der Waals surface area contributed by atoms with E-state index < -0.39 is 0 Å². The zero-order valence-electron chi connectivity index (χ0n) is 11.2. The van der Waals surface area contributed by atoms with E-state index in [-0.39, 0.29) is 5.54 Å². The van der Waals surface area contributed by atoms with Gasteiger partial charge >= 0.3 is 0 Å². The minimum absolute atomic E-state index is 0.231. The number of piperazine rings is 1. The molecule has 0 saturated carbocycles. The molecule has 3 atom stereocenters. The third-order valence-electron chi connectivity index (χ3n) is 3.86. The van der Waals surface area contributed by atoms with E-state index >= 15 is 0 Å². The van der Waals surface area contributed by atoms with Crippen LogP contribution >= 0.6 is 0 Å². The van der Waals surface area contributed by atoms with Gasteiger partial charge in [0.2, 0.25) is 0 Å². The molecule has 0 aromatic rings. The first-order valence-corrected chi connectivity index (χ1v) is 6.53. The average Bonchev–Trinajstić information content (AvgIpc) is 2.30. The minimum Gasteiger partial charge on any atom is -0.309 e. The van der Waals surface area contributed by atoms with Gasteiger partial charge < -0.3 is 5.32 Å². The predicted octanol–water partition coefficient (Wildman–Crippen LogP) is 2.25. The smallest absolute Gasteiger partial charge is 0.0715 e. The minimum atomic E-state index is 0.231. The van der Waals surface area contributed by atoms with Crippen molar-refractivity contribution in [1.82, 2.24) is 10.2 Å². The van der Waals surface area contributed by atoms with Crippen molar-refractivity contribution in [3.05, 3.63) is 0 Å². The molecule has 1 aliphatic heterocycles. The summed E-state index contributed by atoms with van der Waals surface area (Å²) in [4.78, 5) is 2.50. The number of terminal acetylenes is 1. The molecule has 0 aliphatic carbocycles. The van der Waals surface area contributed by atoms with Gasteiger partial charge in [-0.2, -0.15) is 0 Å². The maximum absolute atomic E-state index is 5.67. The quantitative estimate of drug-likeness (QED) is 0.734. The lowest BCUT2D eigenvalue weighted by atomic mass is 9.92. The van der Waals surface area contributed by atoms with Crippen LogP contribution in [0.1, 0.15) is 47.0 Å². The van der Waals surface area contributed by atoms with Crippen molar-refractivity contribution < 1.29 is 0 Å². The number of rotatable bonds is 4. The van der Waals surface area contributed by atoms with Crippen LogP contribution in [0.3, 0.4) is 0 Å². The largest absolute Gasteiger partial charge is 0.309 e.